The summed E-state index contributed by atoms with van der Waals surface area (Å²) in [5.74, 6) is 1.20. The lowest BCUT2D eigenvalue weighted by Crippen LogP contribution is -2.02. The summed E-state index contributed by atoms with van der Waals surface area (Å²) in [6.07, 6.45) is 2.70. The van der Waals surface area contributed by atoms with Gasteiger partial charge in [-0.2, -0.15) is 0 Å². The van der Waals surface area contributed by atoms with Gasteiger partial charge < -0.3 is 14.9 Å². The Hall–Kier alpha value is -0.940. The number of hydrogen-bond acceptors (Lipinski definition) is 5. The molecule has 1 aromatic rings. The molecular weight excluding hydrogens is 170 g/mol. The maximum atomic E-state index is 5.40. The van der Waals surface area contributed by atoms with Crippen molar-refractivity contribution in [3.63, 3.8) is 0 Å². The van der Waals surface area contributed by atoms with Crippen LogP contribution in [-0.2, 0) is 11.2 Å². The van der Waals surface area contributed by atoms with Crippen molar-refractivity contribution in [1.82, 2.24) is 10.2 Å². The van der Waals surface area contributed by atoms with Gasteiger partial charge in [0.25, 0.3) is 0 Å². The van der Waals surface area contributed by atoms with Crippen LogP contribution in [0, 0.1) is 0 Å². The van der Waals surface area contributed by atoms with Gasteiger partial charge in [-0.3, -0.25) is 0 Å². The summed E-state index contributed by atoms with van der Waals surface area (Å²) in [6.45, 7) is 1.33. The highest BCUT2D eigenvalue weighted by molar-refractivity contribution is 4.89. The zero-order valence-electron chi connectivity index (χ0n) is 7.40. The second-order valence-electron chi connectivity index (χ2n) is 3.07. The fraction of sp³-hybridized carbons (Fsp3) is 0.750. The second-order valence-corrected chi connectivity index (χ2v) is 3.07. The Kier molecular flexibility index (Phi) is 2.56. The Bertz CT molecular complexity index is 268. The molecule has 1 unspecified atom stereocenters. The maximum absolute atomic E-state index is 5.40. The largest absolute Gasteiger partial charge is 0.422 e. The minimum Gasteiger partial charge on any atom is -0.422 e. The van der Waals surface area contributed by atoms with Crippen LogP contribution in [-0.4, -0.2) is 23.3 Å². The molecule has 0 aliphatic carbocycles. The van der Waals surface area contributed by atoms with Crippen molar-refractivity contribution in [2.24, 2.45) is 5.73 Å². The molecule has 72 valence electrons. The Morgan fingerprint density at radius 1 is 1.46 bits per heavy atom. The first-order chi connectivity index (χ1) is 6.40. The SMILES string of the molecule is NCCc1nnc(C2CCCO2)o1. The fourth-order valence-electron chi connectivity index (χ4n) is 1.39. The molecule has 2 rings (SSSR count). The van der Waals surface area contributed by atoms with E-state index in [-0.39, 0.29) is 6.10 Å². The molecule has 1 atom stereocenters. The van der Waals surface area contributed by atoms with E-state index in [0.717, 1.165) is 19.4 Å². The highest BCUT2D eigenvalue weighted by Gasteiger charge is 2.23. The third-order valence-electron chi connectivity index (χ3n) is 2.05. The molecule has 5 heteroatoms. The lowest BCUT2D eigenvalue weighted by atomic mass is 10.2. The highest BCUT2D eigenvalue weighted by Crippen LogP contribution is 2.27. The number of nitrogens with two attached hydrogens (primary N) is 1. The summed E-state index contributed by atoms with van der Waals surface area (Å²) in [4.78, 5) is 0. The molecule has 0 saturated carbocycles. The smallest absolute Gasteiger partial charge is 0.245 e. The molecule has 1 aliphatic rings. The van der Waals surface area contributed by atoms with Crippen molar-refractivity contribution in [2.75, 3.05) is 13.2 Å². The topological polar surface area (TPSA) is 74.2 Å². The maximum Gasteiger partial charge on any atom is 0.245 e. The lowest BCUT2D eigenvalue weighted by Gasteiger charge is -2.01. The van der Waals surface area contributed by atoms with E-state index in [4.69, 9.17) is 14.9 Å². The Labute approximate surface area is 76.3 Å². The van der Waals surface area contributed by atoms with Crippen LogP contribution < -0.4 is 5.73 Å². The van der Waals surface area contributed by atoms with Crippen molar-refractivity contribution in [3.05, 3.63) is 11.8 Å². The average Bonchev–Trinajstić information content (AvgIpc) is 2.70. The first-order valence-electron chi connectivity index (χ1n) is 4.54. The first kappa shape index (κ1) is 8.65. The molecule has 1 aromatic heterocycles. The predicted molar refractivity (Wildman–Crippen MR) is 45.0 cm³/mol. The van der Waals surface area contributed by atoms with Gasteiger partial charge in [0.2, 0.25) is 11.8 Å². The Balaban J connectivity index is 2.03. The number of aromatic nitrogens is 2. The Morgan fingerprint density at radius 3 is 3.08 bits per heavy atom. The van der Waals surface area contributed by atoms with Crippen LogP contribution in [0.3, 0.4) is 0 Å². The standard InChI is InChI=1S/C8H13N3O2/c9-4-3-7-10-11-8(13-7)6-2-1-5-12-6/h6H,1-5,9H2. The molecule has 2 N–H and O–H groups in total. The minimum atomic E-state index is 0.0130. The van der Waals surface area contributed by atoms with E-state index in [1.54, 1.807) is 0 Å². The van der Waals surface area contributed by atoms with Gasteiger partial charge in [-0.25, -0.2) is 0 Å². The van der Waals surface area contributed by atoms with Gasteiger partial charge in [-0.15, -0.1) is 10.2 Å². The van der Waals surface area contributed by atoms with Crippen LogP contribution in [0.15, 0.2) is 4.42 Å². The second kappa shape index (κ2) is 3.85. The quantitative estimate of drug-likeness (QED) is 0.735. The molecule has 0 aromatic carbocycles. The summed E-state index contributed by atoms with van der Waals surface area (Å²) in [5, 5.41) is 7.79. The molecule has 0 spiro atoms. The van der Waals surface area contributed by atoms with E-state index >= 15 is 0 Å². The third kappa shape index (κ3) is 1.87. The van der Waals surface area contributed by atoms with E-state index in [0.29, 0.717) is 24.7 Å². The molecule has 1 aliphatic heterocycles. The van der Waals surface area contributed by atoms with E-state index in [9.17, 15) is 0 Å². The van der Waals surface area contributed by atoms with Crippen molar-refractivity contribution in [1.29, 1.82) is 0 Å². The molecular formula is C8H13N3O2. The number of hydrogen-bond donors (Lipinski definition) is 1. The normalized spacial score (nSPS) is 22.4. The molecule has 2 heterocycles. The van der Waals surface area contributed by atoms with E-state index in [1.807, 2.05) is 0 Å². The number of ether oxygens (including phenoxy) is 1. The van der Waals surface area contributed by atoms with Gasteiger partial charge in [-0.05, 0) is 12.8 Å². The first-order valence-corrected chi connectivity index (χ1v) is 4.54. The molecule has 0 radical (unpaired) electrons. The zero-order valence-corrected chi connectivity index (χ0v) is 7.40. The summed E-state index contributed by atoms with van der Waals surface area (Å²) >= 11 is 0. The third-order valence-corrected chi connectivity index (χ3v) is 2.05. The monoisotopic (exact) mass is 183 g/mol. The van der Waals surface area contributed by atoms with Gasteiger partial charge in [0.05, 0.1) is 0 Å². The van der Waals surface area contributed by atoms with Gasteiger partial charge in [-0.1, -0.05) is 0 Å². The van der Waals surface area contributed by atoms with Crippen LogP contribution in [0.1, 0.15) is 30.7 Å². The molecule has 1 fully saturated rings. The lowest BCUT2D eigenvalue weighted by molar-refractivity contribution is 0.0881. The van der Waals surface area contributed by atoms with Crippen LogP contribution in [0.5, 0.6) is 0 Å². The van der Waals surface area contributed by atoms with Crippen LogP contribution in [0.25, 0.3) is 0 Å². The average molecular weight is 183 g/mol. The highest BCUT2D eigenvalue weighted by atomic mass is 16.5. The van der Waals surface area contributed by atoms with Crippen molar-refractivity contribution in [3.8, 4) is 0 Å². The fourth-order valence-corrected chi connectivity index (χ4v) is 1.39. The van der Waals surface area contributed by atoms with Crippen molar-refractivity contribution < 1.29 is 9.15 Å². The van der Waals surface area contributed by atoms with E-state index in [1.165, 1.54) is 0 Å². The predicted octanol–water partition coefficient (Wildman–Crippen LogP) is 0.422. The number of nitrogens with zero attached hydrogens (tertiary/aromatic N) is 2. The van der Waals surface area contributed by atoms with Gasteiger partial charge >= 0.3 is 0 Å². The van der Waals surface area contributed by atoms with E-state index < -0.39 is 0 Å². The Morgan fingerprint density at radius 2 is 2.38 bits per heavy atom. The molecule has 0 bridgehead atoms. The summed E-state index contributed by atoms with van der Waals surface area (Å²) in [5.41, 5.74) is 5.36. The van der Waals surface area contributed by atoms with Crippen LogP contribution in [0.2, 0.25) is 0 Å². The van der Waals surface area contributed by atoms with Gasteiger partial charge in [0.15, 0.2) is 0 Å². The molecule has 0 amide bonds. The summed E-state index contributed by atoms with van der Waals surface area (Å²) in [6, 6.07) is 0. The molecule has 13 heavy (non-hydrogen) atoms. The van der Waals surface area contributed by atoms with Crippen LogP contribution >= 0.6 is 0 Å². The van der Waals surface area contributed by atoms with Gasteiger partial charge in [0, 0.05) is 19.6 Å². The van der Waals surface area contributed by atoms with Crippen molar-refractivity contribution >= 4 is 0 Å². The minimum absolute atomic E-state index is 0.0130. The van der Waals surface area contributed by atoms with Crippen LogP contribution in [0.4, 0.5) is 0 Å². The number of rotatable bonds is 3. The van der Waals surface area contributed by atoms with E-state index in [2.05, 4.69) is 10.2 Å². The molecule has 5 nitrogen and oxygen atoms in total. The van der Waals surface area contributed by atoms with Crippen molar-refractivity contribution in [2.45, 2.75) is 25.4 Å². The summed E-state index contributed by atoms with van der Waals surface area (Å²) < 4.78 is 10.8. The summed E-state index contributed by atoms with van der Waals surface area (Å²) in [7, 11) is 0. The van der Waals surface area contributed by atoms with Gasteiger partial charge in [0.1, 0.15) is 6.10 Å². The molecule has 1 saturated heterocycles. The zero-order chi connectivity index (χ0) is 9.10.